The lowest BCUT2D eigenvalue weighted by molar-refractivity contribution is 0.195. The van der Waals surface area contributed by atoms with Crippen molar-refractivity contribution in [2.24, 2.45) is 0 Å². The van der Waals surface area contributed by atoms with E-state index in [1.54, 1.807) is 44.2 Å². The molecule has 1 atom stereocenters. The third-order valence-corrected chi connectivity index (χ3v) is 3.07. The topological polar surface area (TPSA) is 49.7 Å². The second-order valence-electron chi connectivity index (χ2n) is 4.72. The molecule has 4 heteroatoms. The Morgan fingerprint density at radius 3 is 2.40 bits per heavy atom. The zero-order valence-electron chi connectivity index (χ0n) is 11.4. The quantitative estimate of drug-likeness (QED) is 0.899. The average molecular weight is 276 g/mol. The second kappa shape index (κ2) is 6.03. The van der Waals surface area contributed by atoms with Gasteiger partial charge in [-0.15, -0.1) is 0 Å². The first-order chi connectivity index (χ1) is 9.51. The summed E-state index contributed by atoms with van der Waals surface area (Å²) in [5.74, 6) is 0.620. The van der Waals surface area contributed by atoms with Crippen molar-refractivity contribution in [3.63, 3.8) is 0 Å². The lowest BCUT2D eigenvalue weighted by Gasteiger charge is -2.15. The van der Waals surface area contributed by atoms with Crippen molar-refractivity contribution >= 4 is 0 Å². The van der Waals surface area contributed by atoms with Crippen LogP contribution in [0.4, 0.5) is 4.39 Å². The summed E-state index contributed by atoms with van der Waals surface area (Å²) in [5, 5.41) is 18.7. The van der Waals surface area contributed by atoms with E-state index in [0.717, 1.165) is 5.56 Å². The summed E-state index contributed by atoms with van der Waals surface area (Å²) in [5.41, 5.74) is 1.64. The molecule has 3 nitrogen and oxygen atoms in total. The van der Waals surface area contributed by atoms with Crippen LogP contribution in [0.2, 0.25) is 0 Å². The maximum Gasteiger partial charge on any atom is 0.133 e. The van der Waals surface area contributed by atoms with Crippen LogP contribution in [0, 0.1) is 12.7 Å². The highest BCUT2D eigenvalue weighted by Crippen LogP contribution is 2.32. The number of aliphatic hydroxyl groups excluding tert-OH is 2. The fourth-order valence-electron chi connectivity index (χ4n) is 1.88. The fourth-order valence-corrected chi connectivity index (χ4v) is 1.88. The highest BCUT2D eigenvalue weighted by atomic mass is 19.1. The molecule has 2 aromatic carbocycles. The summed E-state index contributed by atoms with van der Waals surface area (Å²) in [4.78, 5) is 0. The first-order valence-electron chi connectivity index (χ1n) is 6.37. The largest absolute Gasteiger partial charge is 0.457 e. The molecule has 2 N–H and O–H groups in total. The molecular weight excluding hydrogens is 259 g/mol. The number of ether oxygens (including phenoxy) is 1. The van der Waals surface area contributed by atoms with Crippen LogP contribution >= 0.6 is 0 Å². The molecule has 106 valence electrons. The molecule has 0 amide bonds. The lowest BCUT2D eigenvalue weighted by Crippen LogP contribution is -1.99. The zero-order chi connectivity index (χ0) is 14.7. The number of aryl methyl sites for hydroxylation is 1. The van der Waals surface area contributed by atoms with Crippen molar-refractivity contribution in [3.8, 4) is 11.5 Å². The van der Waals surface area contributed by atoms with Crippen LogP contribution in [0.15, 0.2) is 36.4 Å². The minimum atomic E-state index is -0.822. The van der Waals surface area contributed by atoms with Crippen molar-refractivity contribution in [1.29, 1.82) is 0 Å². The van der Waals surface area contributed by atoms with Gasteiger partial charge in [0.2, 0.25) is 0 Å². The summed E-state index contributed by atoms with van der Waals surface area (Å²) in [7, 11) is 0. The van der Waals surface area contributed by atoms with Gasteiger partial charge in [-0.3, -0.25) is 0 Å². The Labute approximate surface area is 117 Å². The van der Waals surface area contributed by atoms with Crippen molar-refractivity contribution in [3.05, 3.63) is 58.9 Å². The van der Waals surface area contributed by atoms with E-state index in [-0.39, 0.29) is 12.4 Å². The summed E-state index contributed by atoms with van der Waals surface area (Å²) in [6.07, 6.45) is -0.822. The Balaban J connectivity index is 2.33. The van der Waals surface area contributed by atoms with Gasteiger partial charge in [0.15, 0.2) is 0 Å². The van der Waals surface area contributed by atoms with Crippen LogP contribution in [-0.2, 0) is 6.61 Å². The predicted molar refractivity (Wildman–Crippen MR) is 74.2 cm³/mol. The van der Waals surface area contributed by atoms with E-state index in [2.05, 4.69) is 0 Å². The van der Waals surface area contributed by atoms with Crippen molar-refractivity contribution < 1.29 is 19.3 Å². The van der Waals surface area contributed by atoms with Crippen molar-refractivity contribution in [1.82, 2.24) is 0 Å². The van der Waals surface area contributed by atoms with E-state index < -0.39 is 6.10 Å². The van der Waals surface area contributed by atoms with Gasteiger partial charge in [-0.2, -0.15) is 0 Å². The molecule has 0 heterocycles. The molecule has 0 aliphatic rings. The SMILES string of the molecule is Cc1cc(Oc2ccc(CO)cc2)c([C@@H](C)O)cc1F. The standard InChI is InChI=1S/C16H17FO3/c1-10-7-16(14(11(2)19)8-15(10)17)20-13-5-3-12(9-18)4-6-13/h3-8,11,18-19H,9H2,1-2H3/t11-/m1/s1. The first-order valence-corrected chi connectivity index (χ1v) is 6.37. The third kappa shape index (κ3) is 3.15. The molecule has 0 unspecified atom stereocenters. The Morgan fingerprint density at radius 1 is 1.20 bits per heavy atom. The Bertz CT molecular complexity index is 591. The molecule has 0 spiro atoms. The monoisotopic (exact) mass is 276 g/mol. The molecule has 0 aliphatic heterocycles. The molecule has 2 rings (SSSR count). The van der Waals surface area contributed by atoms with Crippen LogP contribution < -0.4 is 4.74 Å². The first kappa shape index (κ1) is 14.5. The summed E-state index contributed by atoms with van der Waals surface area (Å²) in [6, 6.07) is 9.78. The van der Waals surface area contributed by atoms with E-state index in [1.807, 2.05) is 0 Å². The lowest BCUT2D eigenvalue weighted by atomic mass is 10.1. The van der Waals surface area contributed by atoms with Gasteiger partial charge in [0, 0.05) is 5.56 Å². The molecule has 0 radical (unpaired) electrons. The van der Waals surface area contributed by atoms with E-state index in [1.165, 1.54) is 6.07 Å². The predicted octanol–water partition coefficient (Wildman–Crippen LogP) is 3.47. The van der Waals surface area contributed by atoms with Crippen LogP contribution in [0.5, 0.6) is 11.5 Å². The van der Waals surface area contributed by atoms with Crippen LogP contribution in [-0.4, -0.2) is 10.2 Å². The third-order valence-electron chi connectivity index (χ3n) is 3.07. The molecule has 20 heavy (non-hydrogen) atoms. The fraction of sp³-hybridized carbons (Fsp3) is 0.250. The van der Waals surface area contributed by atoms with Gasteiger partial charge >= 0.3 is 0 Å². The number of rotatable bonds is 4. The maximum absolute atomic E-state index is 13.6. The number of benzene rings is 2. The summed E-state index contributed by atoms with van der Waals surface area (Å²) >= 11 is 0. The van der Waals surface area contributed by atoms with E-state index in [0.29, 0.717) is 22.6 Å². The van der Waals surface area contributed by atoms with Gasteiger partial charge in [0.1, 0.15) is 17.3 Å². The van der Waals surface area contributed by atoms with Gasteiger partial charge < -0.3 is 14.9 Å². The number of hydrogen-bond acceptors (Lipinski definition) is 3. The summed E-state index contributed by atoms with van der Waals surface area (Å²) < 4.78 is 19.3. The van der Waals surface area contributed by atoms with Gasteiger partial charge in [0.25, 0.3) is 0 Å². The van der Waals surface area contributed by atoms with Crippen LogP contribution in [0.25, 0.3) is 0 Å². The Kier molecular flexibility index (Phi) is 4.37. The van der Waals surface area contributed by atoms with Gasteiger partial charge in [0.05, 0.1) is 12.7 Å². The minimum Gasteiger partial charge on any atom is -0.457 e. The smallest absolute Gasteiger partial charge is 0.133 e. The molecule has 0 aromatic heterocycles. The average Bonchev–Trinajstić information content (AvgIpc) is 2.43. The maximum atomic E-state index is 13.6. The van der Waals surface area contributed by atoms with E-state index in [4.69, 9.17) is 9.84 Å². The normalized spacial score (nSPS) is 12.2. The molecule has 0 fully saturated rings. The number of aliphatic hydroxyl groups is 2. The van der Waals surface area contributed by atoms with E-state index in [9.17, 15) is 9.50 Å². The van der Waals surface area contributed by atoms with Gasteiger partial charge in [-0.25, -0.2) is 4.39 Å². The molecule has 2 aromatic rings. The molecule has 0 aliphatic carbocycles. The summed E-state index contributed by atoms with van der Waals surface area (Å²) in [6.45, 7) is 3.17. The van der Waals surface area contributed by atoms with Crippen LogP contribution in [0.1, 0.15) is 29.7 Å². The van der Waals surface area contributed by atoms with Gasteiger partial charge in [-0.1, -0.05) is 12.1 Å². The number of halogens is 1. The Morgan fingerprint density at radius 2 is 1.85 bits per heavy atom. The minimum absolute atomic E-state index is 0.0329. The Hall–Kier alpha value is -1.91. The molecular formula is C16H17FO3. The highest BCUT2D eigenvalue weighted by molar-refractivity contribution is 5.42. The van der Waals surface area contributed by atoms with E-state index >= 15 is 0 Å². The van der Waals surface area contributed by atoms with Gasteiger partial charge in [-0.05, 0) is 49.2 Å². The molecule has 0 bridgehead atoms. The number of hydrogen-bond donors (Lipinski definition) is 2. The second-order valence-corrected chi connectivity index (χ2v) is 4.72. The molecule has 0 saturated carbocycles. The zero-order valence-corrected chi connectivity index (χ0v) is 11.4. The van der Waals surface area contributed by atoms with Crippen molar-refractivity contribution in [2.75, 3.05) is 0 Å². The van der Waals surface area contributed by atoms with Crippen LogP contribution in [0.3, 0.4) is 0 Å². The highest BCUT2D eigenvalue weighted by Gasteiger charge is 2.13. The molecule has 0 saturated heterocycles. The van der Waals surface area contributed by atoms with Crippen molar-refractivity contribution in [2.45, 2.75) is 26.6 Å².